The SMILES string of the molecule is CC1C(N)(C(=O)O)CCS1(=O)=O. The van der Waals surface area contributed by atoms with Gasteiger partial charge in [-0.1, -0.05) is 0 Å². The van der Waals surface area contributed by atoms with Crippen LogP contribution >= 0.6 is 0 Å². The van der Waals surface area contributed by atoms with E-state index in [1.54, 1.807) is 0 Å². The number of sulfone groups is 1. The van der Waals surface area contributed by atoms with E-state index in [1.807, 2.05) is 0 Å². The van der Waals surface area contributed by atoms with E-state index in [1.165, 1.54) is 6.92 Å². The highest BCUT2D eigenvalue weighted by Crippen LogP contribution is 2.28. The Balaban J connectivity index is 3.09. The first-order valence-corrected chi connectivity index (χ1v) is 5.26. The summed E-state index contributed by atoms with van der Waals surface area (Å²) in [7, 11) is -3.28. The van der Waals surface area contributed by atoms with Crippen LogP contribution in [-0.2, 0) is 14.6 Å². The Morgan fingerprint density at radius 2 is 2.17 bits per heavy atom. The summed E-state index contributed by atoms with van der Waals surface area (Å²) in [6.07, 6.45) is 0.00579. The third kappa shape index (κ3) is 1.11. The molecule has 1 heterocycles. The summed E-state index contributed by atoms with van der Waals surface area (Å²) in [5.41, 5.74) is 3.86. The van der Waals surface area contributed by atoms with Gasteiger partial charge in [-0.05, 0) is 13.3 Å². The molecule has 1 aliphatic heterocycles. The van der Waals surface area contributed by atoms with Crippen molar-refractivity contribution in [2.24, 2.45) is 5.73 Å². The van der Waals surface area contributed by atoms with Crippen LogP contribution in [0, 0.1) is 0 Å². The molecule has 0 aromatic heterocycles. The van der Waals surface area contributed by atoms with Crippen molar-refractivity contribution in [3.8, 4) is 0 Å². The van der Waals surface area contributed by atoms with E-state index in [9.17, 15) is 13.2 Å². The lowest BCUT2D eigenvalue weighted by Crippen LogP contribution is -2.54. The lowest BCUT2D eigenvalue weighted by molar-refractivity contribution is -0.143. The molecule has 1 fully saturated rings. The Hall–Kier alpha value is -0.620. The molecule has 3 N–H and O–H groups in total. The minimum Gasteiger partial charge on any atom is -0.480 e. The predicted molar refractivity (Wildman–Crippen MR) is 42.4 cm³/mol. The average molecular weight is 193 g/mol. The summed E-state index contributed by atoms with van der Waals surface area (Å²) < 4.78 is 22.3. The molecule has 1 aliphatic rings. The Bertz CT molecular complexity index is 310. The van der Waals surface area contributed by atoms with Gasteiger partial charge in [0.05, 0.1) is 11.0 Å². The fraction of sp³-hybridized carbons (Fsp3) is 0.833. The second-order valence-corrected chi connectivity index (χ2v) is 5.55. The summed E-state index contributed by atoms with van der Waals surface area (Å²) in [4.78, 5) is 10.6. The van der Waals surface area contributed by atoms with Crippen molar-refractivity contribution >= 4 is 15.8 Å². The smallest absolute Gasteiger partial charge is 0.325 e. The van der Waals surface area contributed by atoms with Gasteiger partial charge in [-0.25, -0.2) is 8.42 Å². The summed E-state index contributed by atoms with van der Waals surface area (Å²) in [6, 6.07) is 0. The minimum absolute atomic E-state index is 0.00579. The summed E-state index contributed by atoms with van der Waals surface area (Å²) in [5.74, 6) is -1.37. The van der Waals surface area contributed by atoms with Gasteiger partial charge < -0.3 is 10.8 Å². The maximum absolute atomic E-state index is 11.1. The molecule has 2 atom stereocenters. The van der Waals surface area contributed by atoms with Gasteiger partial charge in [0.1, 0.15) is 5.54 Å². The van der Waals surface area contributed by atoms with Gasteiger partial charge in [-0.3, -0.25) is 4.79 Å². The van der Waals surface area contributed by atoms with Crippen LogP contribution in [0.3, 0.4) is 0 Å². The molecule has 0 bridgehead atoms. The number of carboxylic acid groups (broad SMARTS) is 1. The van der Waals surface area contributed by atoms with Crippen molar-refractivity contribution < 1.29 is 18.3 Å². The number of hydrogen-bond donors (Lipinski definition) is 2. The molecule has 1 saturated heterocycles. The Kier molecular flexibility index (Phi) is 1.92. The third-order valence-corrected chi connectivity index (χ3v) is 4.73. The predicted octanol–water partition coefficient (Wildman–Crippen LogP) is -1.02. The van der Waals surface area contributed by atoms with Crippen LogP contribution in [0.15, 0.2) is 0 Å². The standard InChI is InChI=1S/C6H11NO4S/c1-4-6(7,5(8)9)2-3-12(4,10)11/h4H,2-3,7H2,1H3,(H,8,9). The van der Waals surface area contributed by atoms with E-state index >= 15 is 0 Å². The van der Waals surface area contributed by atoms with Crippen LogP contribution in [0.25, 0.3) is 0 Å². The maximum Gasteiger partial charge on any atom is 0.325 e. The fourth-order valence-corrected chi connectivity index (χ4v) is 3.13. The highest BCUT2D eigenvalue weighted by atomic mass is 32.2. The highest BCUT2D eigenvalue weighted by Gasteiger charge is 2.52. The van der Waals surface area contributed by atoms with E-state index in [0.717, 1.165) is 0 Å². The van der Waals surface area contributed by atoms with E-state index in [4.69, 9.17) is 10.8 Å². The second kappa shape index (κ2) is 2.43. The van der Waals surface area contributed by atoms with Gasteiger partial charge in [0, 0.05) is 0 Å². The molecule has 70 valence electrons. The monoisotopic (exact) mass is 193 g/mol. The van der Waals surface area contributed by atoms with E-state index in [0.29, 0.717) is 0 Å². The number of carboxylic acids is 1. The van der Waals surface area contributed by atoms with Gasteiger partial charge in [-0.2, -0.15) is 0 Å². The molecule has 0 spiro atoms. The fourth-order valence-electron chi connectivity index (χ4n) is 1.29. The highest BCUT2D eigenvalue weighted by molar-refractivity contribution is 7.92. The lowest BCUT2D eigenvalue weighted by Gasteiger charge is -2.21. The van der Waals surface area contributed by atoms with Gasteiger partial charge in [0.15, 0.2) is 9.84 Å². The summed E-state index contributed by atoms with van der Waals surface area (Å²) in [6.45, 7) is 1.34. The van der Waals surface area contributed by atoms with Crippen LogP contribution in [-0.4, -0.2) is 36.0 Å². The van der Waals surface area contributed by atoms with Gasteiger partial charge in [0.25, 0.3) is 0 Å². The summed E-state index contributed by atoms with van der Waals surface area (Å²) >= 11 is 0. The van der Waals surface area contributed by atoms with Crippen molar-refractivity contribution in [3.05, 3.63) is 0 Å². The van der Waals surface area contributed by atoms with Crippen molar-refractivity contribution in [2.75, 3.05) is 5.75 Å². The quantitative estimate of drug-likeness (QED) is 0.555. The Morgan fingerprint density at radius 1 is 1.67 bits per heavy atom. The lowest BCUT2D eigenvalue weighted by atomic mass is 9.95. The van der Waals surface area contributed by atoms with Gasteiger partial charge in [0.2, 0.25) is 0 Å². The molecule has 0 aromatic carbocycles. The van der Waals surface area contributed by atoms with E-state index < -0.39 is 26.6 Å². The van der Waals surface area contributed by atoms with Gasteiger partial charge in [-0.15, -0.1) is 0 Å². The second-order valence-electron chi connectivity index (χ2n) is 3.10. The normalized spacial score (nSPS) is 39.7. The molecular weight excluding hydrogens is 182 g/mol. The molecule has 1 rings (SSSR count). The van der Waals surface area contributed by atoms with Crippen LogP contribution in [0.4, 0.5) is 0 Å². The zero-order chi connectivity index (χ0) is 9.57. The molecule has 0 amide bonds. The van der Waals surface area contributed by atoms with Crippen LogP contribution < -0.4 is 5.73 Å². The Morgan fingerprint density at radius 3 is 2.33 bits per heavy atom. The average Bonchev–Trinajstić information content (AvgIpc) is 2.15. The number of hydrogen-bond acceptors (Lipinski definition) is 4. The largest absolute Gasteiger partial charge is 0.480 e. The number of carbonyl (C=O) groups is 1. The summed E-state index contributed by atoms with van der Waals surface area (Å²) in [5, 5.41) is 7.70. The number of nitrogens with two attached hydrogens (primary N) is 1. The van der Waals surface area contributed by atoms with E-state index in [-0.39, 0.29) is 12.2 Å². The molecule has 0 aromatic rings. The molecule has 0 saturated carbocycles. The zero-order valence-corrected chi connectivity index (χ0v) is 7.47. The number of aliphatic carboxylic acids is 1. The van der Waals surface area contributed by atoms with Crippen LogP contribution in [0.2, 0.25) is 0 Å². The van der Waals surface area contributed by atoms with Crippen molar-refractivity contribution in [2.45, 2.75) is 24.1 Å². The first-order valence-electron chi connectivity index (χ1n) is 3.54. The molecule has 0 radical (unpaired) electrons. The molecule has 5 nitrogen and oxygen atoms in total. The van der Waals surface area contributed by atoms with Crippen molar-refractivity contribution in [1.29, 1.82) is 0 Å². The van der Waals surface area contributed by atoms with Crippen LogP contribution in [0.5, 0.6) is 0 Å². The first-order chi connectivity index (χ1) is 5.31. The Labute approximate surface area is 70.5 Å². The molecular formula is C6H11NO4S. The third-order valence-electron chi connectivity index (χ3n) is 2.46. The van der Waals surface area contributed by atoms with Gasteiger partial charge >= 0.3 is 5.97 Å². The number of rotatable bonds is 1. The van der Waals surface area contributed by atoms with E-state index in [2.05, 4.69) is 0 Å². The van der Waals surface area contributed by atoms with Crippen molar-refractivity contribution in [3.63, 3.8) is 0 Å². The maximum atomic E-state index is 11.1. The molecule has 6 heteroatoms. The topological polar surface area (TPSA) is 97.5 Å². The minimum atomic E-state index is -3.28. The van der Waals surface area contributed by atoms with Crippen molar-refractivity contribution in [1.82, 2.24) is 0 Å². The zero-order valence-electron chi connectivity index (χ0n) is 6.65. The van der Waals surface area contributed by atoms with Crippen LogP contribution in [0.1, 0.15) is 13.3 Å². The first kappa shape index (κ1) is 9.47. The molecule has 2 unspecified atom stereocenters. The molecule has 12 heavy (non-hydrogen) atoms. The molecule has 0 aliphatic carbocycles.